The molecule has 4 N–H and O–H groups in total. The molecule has 8 heteroatoms. The lowest BCUT2D eigenvalue weighted by Crippen LogP contribution is -2.60. The molecule has 25 heavy (non-hydrogen) atoms. The van der Waals surface area contributed by atoms with Gasteiger partial charge in [0.05, 0.1) is 12.0 Å². The Morgan fingerprint density at radius 2 is 2.16 bits per heavy atom. The predicted molar refractivity (Wildman–Crippen MR) is 93.7 cm³/mol. The highest BCUT2D eigenvalue weighted by atomic mass is 35.5. The second-order valence-corrected chi connectivity index (χ2v) is 7.03. The van der Waals surface area contributed by atoms with Gasteiger partial charge in [-0.1, -0.05) is 11.6 Å². The van der Waals surface area contributed by atoms with Gasteiger partial charge in [0.25, 0.3) is 0 Å². The van der Waals surface area contributed by atoms with Crippen molar-refractivity contribution in [3.8, 4) is 0 Å². The lowest BCUT2D eigenvalue weighted by Gasteiger charge is -2.43. The van der Waals surface area contributed by atoms with Crippen LogP contribution in [0.4, 0.5) is 10.1 Å². The van der Waals surface area contributed by atoms with Gasteiger partial charge in [-0.25, -0.2) is 4.39 Å². The first-order valence-corrected chi connectivity index (χ1v) is 8.86. The molecule has 2 aliphatic rings. The Balaban J connectivity index is 1.75. The number of carbonyl (C=O) groups is 2. The molecular formula is C17H22ClFN4O2. The summed E-state index contributed by atoms with van der Waals surface area (Å²) in [5, 5.41) is 6.57. The van der Waals surface area contributed by atoms with Crippen molar-refractivity contribution >= 4 is 29.1 Å². The summed E-state index contributed by atoms with van der Waals surface area (Å²) in [6, 6.07) is 3.41. The first-order valence-electron chi connectivity index (χ1n) is 8.49. The average molecular weight is 369 g/mol. The first-order chi connectivity index (χ1) is 12.0. The van der Waals surface area contributed by atoms with Crippen LogP contribution in [0.2, 0.25) is 5.02 Å². The van der Waals surface area contributed by atoms with Crippen LogP contribution in [0, 0.1) is 11.7 Å². The molecule has 0 radical (unpaired) electrons. The molecule has 0 saturated carbocycles. The predicted octanol–water partition coefficient (Wildman–Crippen LogP) is 1.35. The number of anilines is 1. The number of primary amides is 1. The smallest absolute Gasteiger partial charge is 0.245 e. The van der Waals surface area contributed by atoms with Crippen LogP contribution in [-0.2, 0) is 9.59 Å². The van der Waals surface area contributed by atoms with Crippen LogP contribution in [0.25, 0.3) is 0 Å². The van der Waals surface area contributed by atoms with Gasteiger partial charge in [-0.05, 0) is 44.0 Å². The Labute approximate surface area is 150 Å². The minimum absolute atomic E-state index is 0.0911. The SMILES string of the molecule is NC(=O)[C@H]1CCNC[C@@H]1N1CCCC(Nc2cc(F)cc(Cl)c2)C1=O. The van der Waals surface area contributed by atoms with E-state index in [0.29, 0.717) is 31.6 Å². The number of hydrogen-bond acceptors (Lipinski definition) is 4. The third kappa shape index (κ3) is 4.04. The van der Waals surface area contributed by atoms with Gasteiger partial charge >= 0.3 is 0 Å². The minimum atomic E-state index is -0.470. The maximum Gasteiger partial charge on any atom is 0.245 e. The van der Waals surface area contributed by atoms with Gasteiger partial charge in [0.1, 0.15) is 11.9 Å². The highest BCUT2D eigenvalue weighted by Gasteiger charge is 2.39. The summed E-state index contributed by atoms with van der Waals surface area (Å²) in [6.45, 7) is 1.87. The Morgan fingerprint density at radius 1 is 1.36 bits per heavy atom. The summed E-state index contributed by atoms with van der Waals surface area (Å²) in [7, 11) is 0. The first kappa shape index (κ1) is 17.9. The summed E-state index contributed by atoms with van der Waals surface area (Å²) in [5.74, 6) is -1.26. The molecule has 0 spiro atoms. The zero-order chi connectivity index (χ0) is 18.0. The Hall–Kier alpha value is -1.86. The Kier molecular flexibility index (Phi) is 5.44. The van der Waals surface area contributed by atoms with Gasteiger partial charge in [-0.2, -0.15) is 0 Å². The van der Waals surface area contributed by atoms with E-state index in [1.54, 1.807) is 11.0 Å². The van der Waals surface area contributed by atoms with E-state index in [1.807, 2.05) is 0 Å². The lowest BCUT2D eigenvalue weighted by atomic mass is 9.88. The van der Waals surface area contributed by atoms with Crippen LogP contribution in [0.1, 0.15) is 19.3 Å². The van der Waals surface area contributed by atoms with Gasteiger partial charge in [0.15, 0.2) is 0 Å². The average Bonchev–Trinajstić information content (AvgIpc) is 2.56. The summed E-state index contributed by atoms with van der Waals surface area (Å²) in [5.41, 5.74) is 6.00. The van der Waals surface area contributed by atoms with Crippen molar-refractivity contribution in [1.29, 1.82) is 0 Å². The molecule has 0 bridgehead atoms. The molecule has 6 nitrogen and oxygen atoms in total. The third-order valence-electron chi connectivity index (χ3n) is 4.89. The fraction of sp³-hybridized carbons (Fsp3) is 0.529. The van der Waals surface area contributed by atoms with E-state index in [-0.39, 0.29) is 28.8 Å². The van der Waals surface area contributed by atoms with Crippen molar-refractivity contribution in [2.75, 3.05) is 25.0 Å². The van der Waals surface area contributed by atoms with Crippen LogP contribution in [-0.4, -0.2) is 48.4 Å². The second kappa shape index (κ2) is 7.58. The van der Waals surface area contributed by atoms with E-state index in [9.17, 15) is 14.0 Å². The van der Waals surface area contributed by atoms with Gasteiger partial charge in [0, 0.05) is 23.8 Å². The molecule has 0 aliphatic carbocycles. The van der Waals surface area contributed by atoms with Gasteiger partial charge in [0.2, 0.25) is 11.8 Å². The third-order valence-corrected chi connectivity index (χ3v) is 5.11. The molecule has 2 saturated heterocycles. The largest absolute Gasteiger partial charge is 0.374 e. The number of rotatable bonds is 4. The van der Waals surface area contributed by atoms with E-state index < -0.39 is 11.9 Å². The van der Waals surface area contributed by atoms with Crippen molar-refractivity contribution in [1.82, 2.24) is 10.2 Å². The van der Waals surface area contributed by atoms with E-state index in [1.165, 1.54) is 12.1 Å². The summed E-state index contributed by atoms with van der Waals surface area (Å²) in [4.78, 5) is 26.4. The van der Waals surface area contributed by atoms with E-state index >= 15 is 0 Å². The molecule has 1 aromatic rings. The summed E-state index contributed by atoms with van der Waals surface area (Å²) < 4.78 is 13.5. The van der Waals surface area contributed by atoms with E-state index in [0.717, 1.165) is 13.0 Å². The molecule has 1 aromatic carbocycles. The van der Waals surface area contributed by atoms with Crippen molar-refractivity contribution in [3.05, 3.63) is 29.0 Å². The summed E-state index contributed by atoms with van der Waals surface area (Å²) in [6.07, 6.45) is 2.07. The van der Waals surface area contributed by atoms with Crippen molar-refractivity contribution < 1.29 is 14.0 Å². The number of piperidine rings is 2. The monoisotopic (exact) mass is 368 g/mol. The maximum absolute atomic E-state index is 13.5. The fourth-order valence-electron chi connectivity index (χ4n) is 3.70. The number of halogens is 2. The van der Waals surface area contributed by atoms with Gasteiger partial charge in [-0.15, -0.1) is 0 Å². The number of carbonyl (C=O) groups excluding carboxylic acids is 2. The van der Waals surface area contributed by atoms with Crippen LogP contribution >= 0.6 is 11.6 Å². The Bertz CT molecular complexity index is 652. The normalized spacial score (nSPS) is 27.2. The molecule has 2 heterocycles. The van der Waals surface area contributed by atoms with E-state index in [2.05, 4.69) is 10.6 Å². The van der Waals surface area contributed by atoms with Gasteiger partial charge < -0.3 is 21.3 Å². The standard InChI is InChI=1S/C17H22ClFN4O2/c18-10-6-11(19)8-12(7-10)22-14-2-1-5-23(17(14)25)15-9-21-4-3-13(15)16(20)24/h6-8,13-15,21-22H,1-5,9H2,(H2,20,24)/t13-,14?,15-/m0/s1. The molecule has 2 amide bonds. The second-order valence-electron chi connectivity index (χ2n) is 6.60. The number of amides is 2. The molecule has 3 atom stereocenters. The van der Waals surface area contributed by atoms with Crippen LogP contribution < -0.4 is 16.4 Å². The molecule has 3 rings (SSSR count). The van der Waals surface area contributed by atoms with Crippen LogP contribution in [0.3, 0.4) is 0 Å². The van der Waals surface area contributed by atoms with Crippen LogP contribution in [0.15, 0.2) is 18.2 Å². The molecule has 136 valence electrons. The minimum Gasteiger partial charge on any atom is -0.374 e. The zero-order valence-electron chi connectivity index (χ0n) is 13.8. The number of benzene rings is 1. The fourth-order valence-corrected chi connectivity index (χ4v) is 3.92. The topological polar surface area (TPSA) is 87.5 Å². The number of hydrogen-bond donors (Lipinski definition) is 3. The molecule has 1 unspecified atom stereocenters. The molecule has 0 aromatic heterocycles. The molecule has 2 fully saturated rings. The number of nitrogens with one attached hydrogen (secondary N) is 2. The van der Waals surface area contributed by atoms with Crippen molar-refractivity contribution in [3.63, 3.8) is 0 Å². The van der Waals surface area contributed by atoms with Crippen molar-refractivity contribution in [2.45, 2.75) is 31.3 Å². The van der Waals surface area contributed by atoms with Crippen molar-refractivity contribution in [2.24, 2.45) is 11.7 Å². The highest BCUT2D eigenvalue weighted by Crippen LogP contribution is 2.26. The van der Waals surface area contributed by atoms with Gasteiger partial charge in [-0.3, -0.25) is 9.59 Å². The lowest BCUT2D eigenvalue weighted by molar-refractivity contribution is -0.140. The number of likely N-dealkylation sites (tertiary alicyclic amines) is 1. The summed E-state index contributed by atoms with van der Waals surface area (Å²) >= 11 is 5.87. The maximum atomic E-state index is 13.5. The number of nitrogens with zero attached hydrogens (tertiary/aromatic N) is 1. The van der Waals surface area contributed by atoms with Crippen LogP contribution in [0.5, 0.6) is 0 Å². The Morgan fingerprint density at radius 3 is 2.88 bits per heavy atom. The molecular weight excluding hydrogens is 347 g/mol. The molecule has 2 aliphatic heterocycles. The quantitative estimate of drug-likeness (QED) is 0.748. The van der Waals surface area contributed by atoms with E-state index in [4.69, 9.17) is 17.3 Å². The number of nitrogens with two attached hydrogens (primary N) is 1. The highest BCUT2D eigenvalue weighted by molar-refractivity contribution is 6.30. The zero-order valence-corrected chi connectivity index (χ0v) is 14.6.